The molecule has 1 amide bonds. The van der Waals surface area contributed by atoms with E-state index in [0.717, 1.165) is 24.8 Å². The molecule has 114 valence electrons. The number of hydrogen-bond acceptors (Lipinski definition) is 3. The zero-order chi connectivity index (χ0) is 15.6. The van der Waals surface area contributed by atoms with Crippen LogP contribution < -0.4 is 10.1 Å². The molecule has 2 aromatic rings. The molecule has 0 atom stereocenters. The fraction of sp³-hybridized carbons (Fsp3) is 0.278. The van der Waals surface area contributed by atoms with Gasteiger partial charge in [0.2, 0.25) is 0 Å². The van der Waals surface area contributed by atoms with E-state index < -0.39 is 0 Å². The van der Waals surface area contributed by atoms with Gasteiger partial charge in [-0.05, 0) is 37.0 Å². The molecule has 0 bridgehead atoms. The molecule has 0 aliphatic heterocycles. The molecule has 0 spiro atoms. The molecule has 2 aromatic carbocycles. The highest BCUT2D eigenvalue weighted by Gasteiger charge is 2.40. The van der Waals surface area contributed by atoms with Crippen molar-refractivity contribution < 1.29 is 14.6 Å². The minimum Gasteiger partial charge on any atom is -0.507 e. The Morgan fingerprint density at radius 3 is 2.45 bits per heavy atom. The predicted molar refractivity (Wildman–Crippen MR) is 84.1 cm³/mol. The summed E-state index contributed by atoms with van der Waals surface area (Å²) in [7, 11) is 1.52. The lowest BCUT2D eigenvalue weighted by atomic mass is 9.71. The number of phenolic OH excluding ortho intramolecular Hbond substituents is 1. The first-order valence-corrected chi connectivity index (χ1v) is 7.40. The third-order valence-electron chi connectivity index (χ3n) is 4.34. The summed E-state index contributed by atoms with van der Waals surface area (Å²) in [6.45, 7) is 0. The van der Waals surface area contributed by atoms with Gasteiger partial charge >= 0.3 is 0 Å². The van der Waals surface area contributed by atoms with Crippen LogP contribution in [-0.2, 0) is 5.54 Å². The molecule has 3 rings (SSSR count). The van der Waals surface area contributed by atoms with Crippen molar-refractivity contribution in [1.29, 1.82) is 0 Å². The van der Waals surface area contributed by atoms with Gasteiger partial charge in [-0.3, -0.25) is 4.79 Å². The first kappa shape index (κ1) is 14.4. The number of benzene rings is 2. The lowest BCUT2D eigenvalue weighted by Crippen LogP contribution is -2.50. The number of aromatic hydroxyl groups is 1. The van der Waals surface area contributed by atoms with Crippen LogP contribution in [0.4, 0.5) is 0 Å². The molecule has 0 saturated heterocycles. The topological polar surface area (TPSA) is 58.6 Å². The summed E-state index contributed by atoms with van der Waals surface area (Å²) in [6.07, 6.45) is 2.92. The Balaban J connectivity index is 1.84. The number of hydrogen-bond donors (Lipinski definition) is 2. The van der Waals surface area contributed by atoms with Crippen LogP contribution in [0, 0.1) is 0 Å². The molecule has 0 aromatic heterocycles. The van der Waals surface area contributed by atoms with Gasteiger partial charge in [0, 0.05) is 6.07 Å². The molecule has 4 nitrogen and oxygen atoms in total. The summed E-state index contributed by atoms with van der Waals surface area (Å²) in [6, 6.07) is 14.7. The second-order valence-electron chi connectivity index (χ2n) is 5.64. The van der Waals surface area contributed by atoms with Crippen molar-refractivity contribution in [2.45, 2.75) is 24.8 Å². The standard InChI is InChI=1S/C18H19NO3/c1-22-14-8-9-15(16(20)12-14)17(21)19-18(10-5-11-18)13-6-3-2-4-7-13/h2-4,6-9,12,20H,5,10-11H2,1H3,(H,19,21). The largest absolute Gasteiger partial charge is 0.507 e. The van der Waals surface area contributed by atoms with E-state index >= 15 is 0 Å². The van der Waals surface area contributed by atoms with Gasteiger partial charge < -0.3 is 15.2 Å². The molecule has 2 N–H and O–H groups in total. The van der Waals surface area contributed by atoms with Gasteiger partial charge in [-0.1, -0.05) is 30.3 Å². The highest BCUT2D eigenvalue weighted by atomic mass is 16.5. The van der Waals surface area contributed by atoms with Gasteiger partial charge in [0.25, 0.3) is 5.91 Å². The maximum absolute atomic E-state index is 12.5. The Morgan fingerprint density at radius 2 is 1.91 bits per heavy atom. The average molecular weight is 297 g/mol. The zero-order valence-corrected chi connectivity index (χ0v) is 12.5. The predicted octanol–water partition coefficient (Wildman–Crippen LogP) is 3.21. The Bertz CT molecular complexity index is 678. The normalized spacial score (nSPS) is 15.7. The van der Waals surface area contributed by atoms with E-state index in [0.29, 0.717) is 5.75 Å². The molecule has 0 unspecified atom stereocenters. The van der Waals surface area contributed by atoms with Crippen LogP contribution in [-0.4, -0.2) is 18.1 Å². The summed E-state index contributed by atoms with van der Waals surface area (Å²) in [5.74, 6) is 0.193. The van der Waals surface area contributed by atoms with Crippen molar-refractivity contribution in [2.75, 3.05) is 7.11 Å². The van der Waals surface area contributed by atoms with Gasteiger partial charge in [-0.2, -0.15) is 0 Å². The number of rotatable bonds is 4. The van der Waals surface area contributed by atoms with Crippen LogP contribution in [0.15, 0.2) is 48.5 Å². The molecular formula is C18H19NO3. The Kier molecular flexibility index (Phi) is 3.75. The minimum absolute atomic E-state index is 0.0700. The number of ether oxygens (including phenoxy) is 1. The Labute approximate surface area is 129 Å². The van der Waals surface area contributed by atoms with E-state index in [2.05, 4.69) is 5.32 Å². The zero-order valence-electron chi connectivity index (χ0n) is 12.5. The van der Waals surface area contributed by atoms with E-state index in [1.807, 2.05) is 30.3 Å². The van der Waals surface area contributed by atoms with Crippen molar-refractivity contribution >= 4 is 5.91 Å². The van der Waals surface area contributed by atoms with Gasteiger partial charge in [0.05, 0.1) is 18.2 Å². The van der Waals surface area contributed by atoms with Gasteiger partial charge in [0.15, 0.2) is 0 Å². The summed E-state index contributed by atoms with van der Waals surface area (Å²) >= 11 is 0. The summed E-state index contributed by atoms with van der Waals surface area (Å²) in [5.41, 5.74) is 1.07. The number of amides is 1. The smallest absolute Gasteiger partial charge is 0.255 e. The number of carbonyl (C=O) groups is 1. The fourth-order valence-corrected chi connectivity index (χ4v) is 2.89. The first-order valence-electron chi connectivity index (χ1n) is 7.40. The van der Waals surface area contributed by atoms with Crippen LogP contribution in [0.3, 0.4) is 0 Å². The quantitative estimate of drug-likeness (QED) is 0.911. The van der Waals surface area contributed by atoms with Crippen LogP contribution >= 0.6 is 0 Å². The third-order valence-corrected chi connectivity index (χ3v) is 4.34. The lowest BCUT2D eigenvalue weighted by Gasteiger charge is -2.43. The Hall–Kier alpha value is -2.49. The SMILES string of the molecule is COc1ccc(C(=O)NC2(c3ccccc3)CCC2)c(O)c1. The molecule has 1 aliphatic rings. The second kappa shape index (κ2) is 5.72. The van der Waals surface area contributed by atoms with Crippen molar-refractivity contribution in [2.24, 2.45) is 0 Å². The van der Waals surface area contributed by atoms with Crippen LogP contribution in [0.2, 0.25) is 0 Å². The molecule has 1 aliphatic carbocycles. The summed E-state index contributed by atoms with van der Waals surface area (Å²) in [4.78, 5) is 12.5. The molecule has 22 heavy (non-hydrogen) atoms. The second-order valence-corrected chi connectivity index (χ2v) is 5.64. The van der Waals surface area contributed by atoms with E-state index in [4.69, 9.17) is 4.74 Å². The van der Waals surface area contributed by atoms with E-state index in [9.17, 15) is 9.90 Å². The van der Waals surface area contributed by atoms with Crippen molar-refractivity contribution in [3.63, 3.8) is 0 Å². The highest BCUT2D eigenvalue weighted by molar-refractivity contribution is 5.97. The van der Waals surface area contributed by atoms with Crippen molar-refractivity contribution in [3.05, 3.63) is 59.7 Å². The van der Waals surface area contributed by atoms with Crippen molar-refractivity contribution in [3.8, 4) is 11.5 Å². The minimum atomic E-state index is -0.315. The van der Waals surface area contributed by atoms with Crippen LogP contribution in [0.25, 0.3) is 0 Å². The highest BCUT2D eigenvalue weighted by Crippen LogP contribution is 2.41. The van der Waals surface area contributed by atoms with Crippen LogP contribution in [0.5, 0.6) is 11.5 Å². The van der Waals surface area contributed by atoms with Crippen LogP contribution in [0.1, 0.15) is 35.2 Å². The van der Waals surface area contributed by atoms with Gasteiger partial charge in [-0.25, -0.2) is 0 Å². The first-order chi connectivity index (χ1) is 10.6. The maximum atomic E-state index is 12.5. The van der Waals surface area contributed by atoms with E-state index in [1.165, 1.54) is 13.2 Å². The maximum Gasteiger partial charge on any atom is 0.255 e. The molecule has 1 saturated carbocycles. The monoisotopic (exact) mass is 297 g/mol. The fourth-order valence-electron chi connectivity index (χ4n) is 2.89. The molecule has 0 heterocycles. The number of phenols is 1. The molecular weight excluding hydrogens is 278 g/mol. The molecule has 4 heteroatoms. The summed E-state index contributed by atoms with van der Waals surface area (Å²) < 4.78 is 5.04. The Morgan fingerprint density at radius 1 is 1.18 bits per heavy atom. The van der Waals surface area contributed by atoms with E-state index in [1.54, 1.807) is 12.1 Å². The van der Waals surface area contributed by atoms with Gasteiger partial charge in [-0.15, -0.1) is 0 Å². The third kappa shape index (κ3) is 2.52. The van der Waals surface area contributed by atoms with E-state index in [-0.39, 0.29) is 22.8 Å². The lowest BCUT2D eigenvalue weighted by molar-refractivity contribution is 0.0820. The number of methoxy groups -OCH3 is 1. The number of carbonyl (C=O) groups excluding carboxylic acids is 1. The van der Waals surface area contributed by atoms with Crippen molar-refractivity contribution in [1.82, 2.24) is 5.32 Å². The molecule has 0 radical (unpaired) electrons. The number of nitrogens with one attached hydrogen (secondary N) is 1. The molecule has 1 fully saturated rings. The summed E-state index contributed by atoms with van der Waals surface area (Å²) in [5, 5.41) is 13.1. The van der Waals surface area contributed by atoms with Gasteiger partial charge in [0.1, 0.15) is 11.5 Å². The average Bonchev–Trinajstić information content (AvgIpc) is 2.51.